The molecule has 1 atom stereocenters. The van der Waals surface area contributed by atoms with E-state index in [1.165, 1.54) is 0 Å². The number of rotatable bonds is 4. The highest BCUT2D eigenvalue weighted by atomic mass is 79.9. The number of nitrogens with one attached hydrogen (secondary N) is 1. The summed E-state index contributed by atoms with van der Waals surface area (Å²) in [5, 5.41) is 2.78. The average Bonchev–Trinajstić information content (AvgIpc) is 2.47. The second-order valence-corrected chi connectivity index (χ2v) is 5.14. The predicted molar refractivity (Wildman–Crippen MR) is 82.7 cm³/mol. The molecule has 2 rings (SSSR count). The van der Waals surface area contributed by atoms with Crippen LogP contribution in [-0.2, 0) is 4.79 Å². The van der Waals surface area contributed by atoms with Crippen LogP contribution in [-0.4, -0.2) is 13.0 Å². The molecule has 2 aromatic carbocycles. The van der Waals surface area contributed by atoms with Gasteiger partial charge in [-0.05, 0) is 23.8 Å². The zero-order valence-electron chi connectivity index (χ0n) is 11.0. The Labute approximate surface area is 126 Å². The van der Waals surface area contributed by atoms with Crippen LogP contribution in [0.25, 0.3) is 0 Å². The highest BCUT2D eigenvalue weighted by Gasteiger charge is 2.17. The van der Waals surface area contributed by atoms with Crippen LogP contribution in [0.2, 0.25) is 0 Å². The number of carbonyl (C=O) groups excluding carboxylic acids is 1. The first-order valence-corrected chi connectivity index (χ1v) is 6.86. The zero-order valence-corrected chi connectivity index (χ0v) is 12.6. The highest BCUT2D eigenvalue weighted by Crippen LogP contribution is 2.28. The fourth-order valence-electron chi connectivity index (χ4n) is 1.80. The molecule has 104 valence electrons. The van der Waals surface area contributed by atoms with Crippen molar-refractivity contribution in [1.29, 1.82) is 0 Å². The summed E-state index contributed by atoms with van der Waals surface area (Å²) in [7, 11) is 1.55. The smallest absolute Gasteiger partial charge is 0.245 e. The molecule has 20 heavy (non-hydrogen) atoms. The molecule has 0 unspecified atom stereocenters. The maximum absolute atomic E-state index is 12.2. The summed E-state index contributed by atoms with van der Waals surface area (Å²) in [6.07, 6.45) is 0. The van der Waals surface area contributed by atoms with Gasteiger partial charge in [-0.3, -0.25) is 4.79 Å². The van der Waals surface area contributed by atoms with Crippen LogP contribution in [0.1, 0.15) is 11.6 Å². The number of hydrogen-bond donors (Lipinski definition) is 2. The van der Waals surface area contributed by atoms with E-state index in [0.717, 1.165) is 10.0 Å². The first-order chi connectivity index (χ1) is 9.61. The number of halogens is 1. The quantitative estimate of drug-likeness (QED) is 0.902. The van der Waals surface area contributed by atoms with Gasteiger partial charge in [0.25, 0.3) is 0 Å². The van der Waals surface area contributed by atoms with Gasteiger partial charge in [-0.15, -0.1) is 0 Å². The third-order valence-corrected chi connectivity index (χ3v) is 3.35. The van der Waals surface area contributed by atoms with Crippen molar-refractivity contribution in [3.05, 3.63) is 58.6 Å². The minimum Gasteiger partial charge on any atom is -0.495 e. The number of hydrogen-bond acceptors (Lipinski definition) is 3. The van der Waals surface area contributed by atoms with Crippen molar-refractivity contribution in [3.63, 3.8) is 0 Å². The van der Waals surface area contributed by atoms with E-state index in [9.17, 15) is 4.79 Å². The molecular weight excluding hydrogens is 320 g/mol. The van der Waals surface area contributed by atoms with Gasteiger partial charge in [0.1, 0.15) is 11.8 Å². The Morgan fingerprint density at radius 3 is 2.60 bits per heavy atom. The van der Waals surface area contributed by atoms with E-state index in [4.69, 9.17) is 10.5 Å². The van der Waals surface area contributed by atoms with Gasteiger partial charge in [0.05, 0.1) is 12.8 Å². The van der Waals surface area contributed by atoms with Gasteiger partial charge in [0, 0.05) is 4.47 Å². The number of methoxy groups -OCH3 is 1. The molecular formula is C15H15BrN2O2. The molecule has 0 aliphatic heterocycles. The van der Waals surface area contributed by atoms with E-state index in [1.807, 2.05) is 36.4 Å². The second-order valence-electron chi connectivity index (χ2n) is 4.22. The average molecular weight is 335 g/mol. The molecule has 0 saturated heterocycles. The fourth-order valence-corrected chi connectivity index (χ4v) is 2.16. The molecule has 2 aromatic rings. The lowest BCUT2D eigenvalue weighted by Gasteiger charge is -2.15. The molecule has 0 aliphatic carbocycles. The van der Waals surface area contributed by atoms with Crippen LogP contribution < -0.4 is 15.8 Å². The van der Waals surface area contributed by atoms with Gasteiger partial charge in [-0.1, -0.05) is 46.3 Å². The molecule has 0 aliphatic rings. The maximum atomic E-state index is 12.2. The molecule has 0 radical (unpaired) electrons. The van der Waals surface area contributed by atoms with E-state index in [0.29, 0.717) is 11.4 Å². The minimum atomic E-state index is -0.722. The van der Waals surface area contributed by atoms with Crippen molar-refractivity contribution in [2.45, 2.75) is 6.04 Å². The Morgan fingerprint density at radius 2 is 1.95 bits per heavy atom. The molecule has 0 aromatic heterocycles. The van der Waals surface area contributed by atoms with Gasteiger partial charge in [-0.2, -0.15) is 0 Å². The summed E-state index contributed by atoms with van der Waals surface area (Å²) in [6.45, 7) is 0. The molecule has 5 heteroatoms. The van der Waals surface area contributed by atoms with Crippen molar-refractivity contribution in [2.75, 3.05) is 12.4 Å². The summed E-state index contributed by atoms with van der Waals surface area (Å²) >= 11 is 3.36. The number of anilines is 1. The van der Waals surface area contributed by atoms with Crippen molar-refractivity contribution >= 4 is 27.5 Å². The van der Waals surface area contributed by atoms with Gasteiger partial charge < -0.3 is 15.8 Å². The van der Waals surface area contributed by atoms with Gasteiger partial charge in [0.2, 0.25) is 5.91 Å². The number of amides is 1. The number of ether oxygens (including phenoxy) is 1. The van der Waals surface area contributed by atoms with Gasteiger partial charge in [0.15, 0.2) is 0 Å². The monoisotopic (exact) mass is 334 g/mol. The van der Waals surface area contributed by atoms with Gasteiger partial charge >= 0.3 is 0 Å². The molecule has 0 spiro atoms. The SMILES string of the molecule is COc1ccc(Br)cc1NC(=O)[C@H](N)c1ccccc1. The topological polar surface area (TPSA) is 64.3 Å². The highest BCUT2D eigenvalue weighted by molar-refractivity contribution is 9.10. The summed E-state index contributed by atoms with van der Waals surface area (Å²) < 4.78 is 6.06. The molecule has 3 N–H and O–H groups in total. The van der Waals surface area contributed by atoms with Crippen molar-refractivity contribution in [2.24, 2.45) is 5.73 Å². The summed E-state index contributed by atoms with van der Waals surface area (Å²) in [5.74, 6) is 0.300. The Kier molecular flexibility index (Phi) is 4.76. The van der Waals surface area contributed by atoms with E-state index in [-0.39, 0.29) is 5.91 Å². The third kappa shape index (κ3) is 3.37. The fraction of sp³-hybridized carbons (Fsp3) is 0.133. The standard InChI is InChI=1S/C15H15BrN2O2/c1-20-13-8-7-11(16)9-12(13)18-15(19)14(17)10-5-3-2-4-6-10/h2-9,14H,17H2,1H3,(H,18,19)/t14-/m1/s1. The predicted octanol–water partition coefficient (Wildman–Crippen LogP) is 3.10. The largest absolute Gasteiger partial charge is 0.495 e. The van der Waals surface area contributed by atoms with Gasteiger partial charge in [-0.25, -0.2) is 0 Å². The maximum Gasteiger partial charge on any atom is 0.245 e. The first-order valence-electron chi connectivity index (χ1n) is 6.06. The van der Waals surface area contributed by atoms with Crippen LogP contribution in [0, 0.1) is 0 Å². The lowest BCUT2D eigenvalue weighted by atomic mass is 10.1. The normalized spacial score (nSPS) is 11.8. The van der Waals surface area contributed by atoms with Crippen molar-refractivity contribution < 1.29 is 9.53 Å². The molecule has 0 bridgehead atoms. The van der Waals surface area contributed by atoms with Crippen molar-refractivity contribution in [1.82, 2.24) is 0 Å². The lowest BCUT2D eigenvalue weighted by molar-refractivity contribution is -0.117. The molecule has 4 nitrogen and oxygen atoms in total. The second kappa shape index (κ2) is 6.54. The molecule has 0 fully saturated rings. The molecule has 0 heterocycles. The first kappa shape index (κ1) is 14.6. The molecule has 1 amide bonds. The number of benzene rings is 2. The van der Waals surface area contributed by atoms with Crippen LogP contribution in [0.4, 0.5) is 5.69 Å². The van der Waals surface area contributed by atoms with Crippen LogP contribution in [0.3, 0.4) is 0 Å². The summed E-state index contributed by atoms with van der Waals surface area (Å²) in [6, 6.07) is 13.9. The van der Waals surface area contributed by atoms with E-state index in [2.05, 4.69) is 21.2 Å². The van der Waals surface area contributed by atoms with E-state index >= 15 is 0 Å². The Hall–Kier alpha value is -1.85. The third-order valence-electron chi connectivity index (χ3n) is 2.86. The Balaban J connectivity index is 2.18. The number of carbonyl (C=O) groups is 1. The lowest BCUT2D eigenvalue weighted by Crippen LogP contribution is -2.27. The van der Waals surface area contributed by atoms with E-state index < -0.39 is 6.04 Å². The van der Waals surface area contributed by atoms with Crippen molar-refractivity contribution in [3.8, 4) is 5.75 Å². The summed E-state index contributed by atoms with van der Waals surface area (Å²) in [5.41, 5.74) is 7.30. The Bertz CT molecular complexity index is 602. The van der Waals surface area contributed by atoms with Crippen LogP contribution in [0.5, 0.6) is 5.75 Å². The minimum absolute atomic E-state index is 0.285. The van der Waals surface area contributed by atoms with E-state index in [1.54, 1.807) is 19.2 Å². The Morgan fingerprint density at radius 1 is 1.25 bits per heavy atom. The number of nitrogens with two attached hydrogens (primary N) is 1. The van der Waals surface area contributed by atoms with Crippen LogP contribution in [0.15, 0.2) is 53.0 Å². The summed E-state index contributed by atoms with van der Waals surface area (Å²) in [4.78, 5) is 12.2. The van der Waals surface area contributed by atoms with Crippen LogP contribution >= 0.6 is 15.9 Å². The molecule has 0 saturated carbocycles. The zero-order chi connectivity index (χ0) is 14.5.